The number of ether oxygens (including phenoxy) is 2. The molecule has 0 saturated heterocycles. The largest absolute Gasteiger partial charge is 0.490 e. The summed E-state index contributed by atoms with van der Waals surface area (Å²) in [4.78, 5) is 11.2. The number of aromatic nitrogens is 1. The molecule has 0 saturated carbocycles. The van der Waals surface area contributed by atoms with Crippen LogP contribution in [0, 0.1) is 0 Å². The Morgan fingerprint density at radius 1 is 1.06 bits per heavy atom. The number of carboxylic acids is 1. The maximum absolute atomic E-state index is 12.6. The fourth-order valence-corrected chi connectivity index (χ4v) is 2.97. The zero-order chi connectivity index (χ0) is 22.4. The second-order valence-electron chi connectivity index (χ2n) is 6.91. The summed E-state index contributed by atoms with van der Waals surface area (Å²) in [5, 5.41) is 13.0. The zero-order valence-corrected chi connectivity index (χ0v) is 16.5. The molecule has 0 amide bonds. The Morgan fingerprint density at radius 2 is 1.71 bits per heavy atom. The molecule has 6 nitrogen and oxygen atoms in total. The van der Waals surface area contributed by atoms with Gasteiger partial charge in [-0.05, 0) is 48.9 Å². The first kappa shape index (κ1) is 22.2. The number of aliphatic carboxylic acids is 1. The van der Waals surface area contributed by atoms with E-state index in [2.05, 4.69) is 5.16 Å². The number of rotatable bonds is 9. The molecular weight excluding hydrogens is 415 g/mol. The van der Waals surface area contributed by atoms with Gasteiger partial charge in [0.2, 0.25) is 0 Å². The molecule has 0 fully saturated rings. The number of hydrogen-bond donors (Lipinski definition) is 1. The average molecular weight is 435 g/mol. The second kappa shape index (κ2) is 9.55. The summed E-state index contributed by atoms with van der Waals surface area (Å²) in [6.45, 7) is 1.90. The lowest BCUT2D eigenvalue weighted by molar-refractivity contribution is -0.138. The van der Waals surface area contributed by atoms with Gasteiger partial charge in [0.1, 0.15) is 30.5 Å². The first-order valence-corrected chi connectivity index (χ1v) is 9.41. The number of nitrogens with zero attached hydrogens (tertiary/aromatic N) is 1. The highest BCUT2D eigenvalue weighted by molar-refractivity contribution is 5.68. The predicted octanol–water partition coefficient (Wildman–Crippen LogP) is 5.15. The van der Waals surface area contributed by atoms with Gasteiger partial charge in [0.25, 0.3) is 0 Å². The number of hydrogen-bond acceptors (Lipinski definition) is 5. The Balaban J connectivity index is 1.56. The average Bonchev–Trinajstić information content (AvgIpc) is 3.25. The van der Waals surface area contributed by atoms with Crippen LogP contribution in [0.15, 0.2) is 65.4 Å². The summed E-state index contributed by atoms with van der Waals surface area (Å²) in [5.74, 6) is -0.556. The highest BCUT2D eigenvalue weighted by atomic mass is 19.4. The number of carbonyl (C=O) groups is 1. The van der Waals surface area contributed by atoms with Crippen LogP contribution in [0.2, 0.25) is 0 Å². The van der Waals surface area contributed by atoms with Crippen molar-refractivity contribution in [3.05, 3.63) is 77.7 Å². The lowest BCUT2D eigenvalue weighted by atomic mass is 9.92. The van der Waals surface area contributed by atoms with Crippen molar-refractivity contribution < 1.29 is 37.1 Å². The van der Waals surface area contributed by atoms with E-state index in [9.17, 15) is 18.0 Å². The number of carboxylic acid groups (broad SMARTS) is 1. The smallest absolute Gasteiger partial charge is 0.416 e. The third kappa shape index (κ3) is 6.24. The van der Waals surface area contributed by atoms with E-state index in [1.165, 1.54) is 18.4 Å². The molecule has 164 valence electrons. The topological polar surface area (TPSA) is 81.8 Å². The molecule has 0 bridgehead atoms. The van der Waals surface area contributed by atoms with E-state index >= 15 is 0 Å². The molecule has 0 aliphatic carbocycles. The van der Waals surface area contributed by atoms with E-state index in [4.69, 9.17) is 19.1 Å². The molecule has 2 aromatic carbocycles. The third-order valence-corrected chi connectivity index (χ3v) is 4.48. The zero-order valence-electron chi connectivity index (χ0n) is 16.5. The van der Waals surface area contributed by atoms with Gasteiger partial charge in [0, 0.05) is 12.0 Å². The van der Waals surface area contributed by atoms with Gasteiger partial charge in [-0.2, -0.15) is 13.2 Å². The second-order valence-corrected chi connectivity index (χ2v) is 6.91. The first-order valence-electron chi connectivity index (χ1n) is 9.41. The van der Waals surface area contributed by atoms with Gasteiger partial charge in [-0.15, -0.1) is 0 Å². The van der Waals surface area contributed by atoms with Crippen LogP contribution in [0.4, 0.5) is 13.2 Å². The van der Waals surface area contributed by atoms with Crippen molar-refractivity contribution in [1.29, 1.82) is 0 Å². The van der Waals surface area contributed by atoms with Gasteiger partial charge in [-0.3, -0.25) is 4.79 Å². The van der Waals surface area contributed by atoms with Crippen LogP contribution in [0.25, 0.3) is 0 Å². The number of halogens is 3. The van der Waals surface area contributed by atoms with Gasteiger partial charge in [0.15, 0.2) is 0 Å². The highest BCUT2D eigenvalue weighted by Crippen LogP contribution is 2.31. The summed E-state index contributed by atoms with van der Waals surface area (Å²) in [5.41, 5.74) is 0.531. The van der Waals surface area contributed by atoms with E-state index in [1.807, 2.05) is 0 Å². The summed E-state index contributed by atoms with van der Waals surface area (Å²) in [6, 6.07) is 13.0. The molecule has 1 aromatic heterocycles. The number of alkyl halides is 3. The Bertz CT molecular complexity index is 970. The Morgan fingerprint density at radius 3 is 2.26 bits per heavy atom. The van der Waals surface area contributed by atoms with Crippen LogP contribution >= 0.6 is 0 Å². The van der Waals surface area contributed by atoms with Gasteiger partial charge in [0.05, 0.1) is 17.7 Å². The van der Waals surface area contributed by atoms with Gasteiger partial charge in [-0.25, -0.2) is 0 Å². The molecule has 0 aliphatic rings. The molecule has 31 heavy (non-hydrogen) atoms. The summed E-state index contributed by atoms with van der Waals surface area (Å²) >= 11 is 0. The van der Waals surface area contributed by atoms with E-state index in [0.29, 0.717) is 17.2 Å². The predicted molar refractivity (Wildman–Crippen MR) is 104 cm³/mol. The van der Waals surface area contributed by atoms with Crippen LogP contribution < -0.4 is 9.47 Å². The lowest BCUT2D eigenvalue weighted by Crippen LogP contribution is -2.21. The maximum Gasteiger partial charge on any atom is 0.416 e. The molecule has 3 aromatic rings. The van der Waals surface area contributed by atoms with Crippen LogP contribution in [-0.4, -0.2) is 28.9 Å². The van der Waals surface area contributed by atoms with Gasteiger partial charge < -0.3 is 19.1 Å². The van der Waals surface area contributed by atoms with Crippen molar-refractivity contribution in [3.8, 4) is 11.5 Å². The fraction of sp³-hybridized carbons (Fsp3) is 0.273. The molecule has 1 unspecified atom stereocenters. The third-order valence-electron chi connectivity index (χ3n) is 4.48. The van der Waals surface area contributed by atoms with Crippen molar-refractivity contribution in [2.75, 3.05) is 6.61 Å². The van der Waals surface area contributed by atoms with Crippen molar-refractivity contribution >= 4 is 5.97 Å². The standard InChI is InChI=1S/C22H20F3NO5/c1-14(31-18-8-4-16(5-9-18)22(23,24)25)13-29-17-6-2-15(3-7-17)19(12-21(27)28)20-10-11-30-26-20/h2-11,14,19H,12-13H2,1H3,(H,27,28)/t14?,19-/m0/s1. The van der Waals surface area contributed by atoms with Gasteiger partial charge >= 0.3 is 12.1 Å². The van der Waals surface area contributed by atoms with Gasteiger partial charge in [-0.1, -0.05) is 17.3 Å². The van der Waals surface area contributed by atoms with E-state index in [-0.39, 0.29) is 13.0 Å². The monoisotopic (exact) mass is 435 g/mol. The van der Waals surface area contributed by atoms with Crippen molar-refractivity contribution in [2.45, 2.75) is 31.5 Å². The van der Waals surface area contributed by atoms with Crippen LogP contribution in [0.1, 0.15) is 36.1 Å². The van der Waals surface area contributed by atoms with E-state index < -0.39 is 29.7 Å². The number of benzene rings is 2. The molecule has 0 radical (unpaired) electrons. The molecular formula is C22H20F3NO5. The van der Waals surface area contributed by atoms with Crippen LogP contribution in [0.5, 0.6) is 11.5 Å². The molecule has 1 heterocycles. The maximum atomic E-state index is 12.6. The summed E-state index contributed by atoms with van der Waals surface area (Å²) < 4.78 is 53.9. The Labute approximate surface area is 176 Å². The minimum absolute atomic E-state index is 0.134. The van der Waals surface area contributed by atoms with Crippen molar-refractivity contribution in [3.63, 3.8) is 0 Å². The highest BCUT2D eigenvalue weighted by Gasteiger charge is 2.30. The van der Waals surface area contributed by atoms with Crippen molar-refractivity contribution in [2.24, 2.45) is 0 Å². The van der Waals surface area contributed by atoms with E-state index in [0.717, 1.165) is 17.7 Å². The molecule has 2 atom stereocenters. The summed E-state index contributed by atoms with van der Waals surface area (Å²) in [6.07, 6.45) is -3.55. The normalized spacial score (nSPS) is 13.4. The minimum Gasteiger partial charge on any atom is -0.490 e. The van der Waals surface area contributed by atoms with Crippen molar-refractivity contribution in [1.82, 2.24) is 5.16 Å². The quantitative estimate of drug-likeness (QED) is 0.501. The first-order chi connectivity index (χ1) is 14.7. The molecule has 3 rings (SSSR count). The lowest BCUT2D eigenvalue weighted by Gasteiger charge is -2.17. The SMILES string of the molecule is CC(COc1ccc([C@H](CC(=O)O)c2ccon2)cc1)Oc1ccc(C(F)(F)F)cc1. The fourth-order valence-electron chi connectivity index (χ4n) is 2.97. The molecule has 0 spiro atoms. The Kier molecular flexibility index (Phi) is 6.84. The summed E-state index contributed by atoms with van der Waals surface area (Å²) in [7, 11) is 0. The van der Waals surface area contributed by atoms with E-state index in [1.54, 1.807) is 37.3 Å². The molecule has 1 N–H and O–H groups in total. The molecule has 9 heteroatoms. The van der Waals surface area contributed by atoms with Crippen LogP contribution in [0.3, 0.4) is 0 Å². The minimum atomic E-state index is -4.39. The van der Waals surface area contributed by atoms with Crippen LogP contribution in [-0.2, 0) is 11.0 Å². The Hall–Kier alpha value is -3.49. The molecule has 0 aliphatic heterocycles.